The van der Waals surface area contributed by atoms with Crippen LogP contribution in [0.25, 0.3) is 0 Å². The maximum Gasteiger partial charge on any atom is 0.338 e. The molecule has 0 aromatic heterocycles. The van der Waals surface area contributed by atoms with Gasteiger partial charge in [0, 0.05) is 12.5 Å². The van der Waals surface area contributed by atoms with Gasteiger partial charge in [-0.3, -0.25) is 4.79 Å². The van der Waals surface area contributed by atoms with Crippen LogP contribution < -0.4 is 4.74 Å². The van der Waals surface area contributed by atoms with Gasteiger partial charge in [-0.05, 0) is 96.8 Å². The molecular formula is C52H46O13. The van der Waals surface area contributed by atoms with Gasteiger partial charge in [-0.1, -0.05) is 97.1 Å². The molecule has 1 heterocycles. The Balaban J connectivity index is 1.45. The molecule has 0 aliphatic carbocycles. The van der Waals surface area contributed by atoms with Crippen molar-refractivity contribution >= 4 is 29.8 Å². The van der Waals surface area contributed by atoms with Gasteiger partial charge >= 0.3 is 29.8 Å². The van der Waals surface area contributed by atoms with Gasteiger partial charge in [0.2, 0.25) is 11.9 Å². The molecule has 13 heteroatoms. The van der Waals surface area contributed by atoms with Gasteiger partial charge in [0.05, 0.1) is 29.4 Å². The lowest BCUT2D eigenvalue weighted by Gasteiger charge is -2.50. The SMILES string of the molecule is COc1ccc(Cc2ccc(COC(C)=O)cc2[C@@]2(O)O[C@H]([C@@H](C)OC(=O)c3ccccc3)[C@@H](OC(=O)c3ccccc3)[C@H](OC(=O)c3ccccc3)[C@H]2OC(=O)c2ccccc2)cc1. The van der Waals surface area contributed by atoms with Gasteiger partial charge in [-0.2, -0.15) is 0 Å². The van der Waals surface area contributed by atoms with Crippen LogP contribution in [0.2, 0.25) is 0 Å². The third-order valence-corrected chi connectivity index (χ3v) is 10.7. The first-order valence-electron chi connectivity index (χ1n) is 20.8. The second-order valence-electron chi connectivity index (χ2n) is 15.2. The standard InChI is InChI=1S/C52H46O13/c1-33(61-48(54)37-16-8-4-9-17-37)44-45(62-49(55)38-18-10-5-11-19-38)46(63-50(56)39-20-12-6-13-21-39)47(64-51(57)40-22-14-7-15-23-40)52(58,65-44)43-31-36(32-60-34(2)53)24-27-41(43)30-35-25-28-42(59-3)29-26-35/h4-29,31,33,44-47,58H,30,32H2,1-3H3/t33-,44-,45-,46+,47-,52-/m1/s1. The molecule has 1 aliphatic heterocycles. The molecule has 0 bridgehead atoms. The normalized spacial score (nSPS) is 19.4. The van der Waals surface area contributed by atoms with Crippen LogP contribution in [0, 0.1) is 0 Å². The summed E-state index contributed by atoms with van der Waals surface area (Å²) in [7, 11) is 1.54. The molecule has 0 spiro atoms. The predicted molar refractivity (Wildman–Crippen MR) is 235 cm³/mol. The number of aliphatic hydroxyl groups is 1. The molecule has 6 aromatic rings. The van der Waals surface area contributed by atoms with Crippen molar-refractivity contribution in [2.75, 3.05) is 7.11 Å². The number of methoxy groups -OCH3 is 1. The fraction of sp³-hybridized carbons (Fsp3) is 0.212. The highest BCUT2D eigenvalue weighted by atomic mass is 16.7. The van der Waals surface area contributed by atoms with Gasteiger partial charge in [0.15, 0.2) is 12.2 Å². The van der Waals surface area contributed by atoms with Crippen molar-refractivity contribution in [3.05, 3.63) is 208 Å². The monoisotopic (exact) mass is 878 g/mol. The molecular weight excluding hydrogens is 833 g/mol. The molecule has 332 valence electrons. The molecule has 6 aromatic carbocycles. The van der Waals surface area contributed by atoms with E-state index in [1.807, 2.05) is 12.1 Å². The third-order valence-electron chi connectivity index (χ3n) is 10.7. The van der Waals surface area contributed by atoms with E-state index < -0.39 is 66.2 Å². The number of rotatable bonds is 15. The van der Waals surface area contributed by atoms with E-state index in [1.165, 1.54) is 56.3 Å². The highest BCUT2D eigenvalue weighted by molar-refractivity contribution is 5.92. The topological polar surface area (TPSA) is 170 Å². The van der Waals surface area contributed by atoms with Crippen LogP contribution in [0.3, 0.4) is 0 Å². The van der Waals surface area contributed by atoms with Crippen LogP contribution in [-0.4, -0.2) is 72.6 Å². The molecule has 0 saturated carbocycles. The van der Waals surface area contributed by atoms with Crippen molar-refractivity contribution in [2.45, 2.75) is 63.2 Å². The van der Waals surface area contributed by atoms with E-state index >= 15 is 0 Å². The Bertz CT molecular complexity index is 2590. The van der Waals surface area contributed by atoms with Crippen LogP contribution in [-0.2, 0) is 52.0 Å². The summed E-state index contributed by atoms with van der Waals surface area (Å²) in [6.07, 6.45) is -8.44. The molecule has 7 rings (SSSR count). The van der Waals surface area contributed by atoms with Crippen LogP contribution >= 0.6 is 0 Å². The molecule has 13 nitrogen and oxygen atoms in total. The quantitative estimate of drug-likeness (QED) is 0.0784. The van der Waals surface area contributed by atoms with E-state index in [2.05, 4.69) is 0 Å². The van der Waals surface area contributed by atoms with Crippen molar-refractivity contribution in [1.82, 2.24) is 0 Å². The number of benzene rings is 6. The van der Waals surface area contributed by atoms with E-state index in [0.717, 1.165) is 5.56 Å². The summed E-state index contributed by atoms with van der Waals surface area (Å²) in [5.41, 5.74) is 2.03. The summed E-state index contributed by atoms with van der Waals surface area (Å²) in [5, 5.41) is 13.6. The molecule has 0 amide bonds. The lowest BCUT2D eigenvalue weighted by Crippen LogP contribution is -2.68. The molecule has 1 N–H and O–H groups in total. The average molecular weight is 879 g/mol. The molecule has 1 fully saturated rings. The maximum absolute atomic E-state index is 14.3. The smallest absolute Gasteiger partial charge is 0.338 e. The van der Waals surface area contributed by atoms with Crippen molar-refractivity contribution in [3.63, 3.8) is 0 Å². The van der Waals surface area contributed by atoms with E-state index in [-0.39, 0.29) is 40.8 Å². The van der Waals surface area contributed by atoms with Crippen molar-refractivity contribution in [2.24, 2.45) is 0 Å². The largest absolute Gasteiger partial charge is 0.497 e. The first-order valence-corrected chi connectivity index (χ1v) is 20.8. The molecule has 1 saturated heterocycles. The lowest BCUT2D eigenvalue weighted by atomic mass is 9.82. The van der Waals surface area contributed by atoms with E-state index in [9.17, 15) is 29.1 Å². The van der Waals surface area contributed by atoms with Crippen LogP contribution in [0.15, 0.2) is 164 Å². The Morgan fingerprint density at radius 1 is 0.600 bits per heavy atom. The first-order chi connectivity index (χ1) is 31.4. The minimum atomic E-state index is -2.80. The fourth-order valence-corrected chi connectivity index (χ4v) is 7.43. The van der Waals surface area contributed by atoms with Gasteiger partial charge in [0.25, 0.3) is 0 Å². The van der Waals surface area contributed by atoms with Crippen molar-refractivity contribution in [3.8, 4) is 5.75 Å². The Morgan fingerprint density at radius 3 is 1.55 bits per heavy atom. The van der Waals surface area contributed by atoms with Crippen LogP contribution in [0.4, 0.5) is 0 Å². The number of hydrogen-bond acceptors (Lipinski definition) is 13. The zero-order valence-corrected chi connectivity index (χ0v) is 35.7. The molecule has 1 aliphatic rings. The number of esters is 5. The molecule has 6 atom stereocenters. The van der Waals surface area contributed by atoms with Gasteiger partial charge in [-0.25, -0.2) is 19.2 Å². The summed E-state index contributed by atoms with van der Waals surface area (Å²) >= 11 is 0. The Morgan fingerprint density at radius 2 is 1.06 bits per heavy atom. The summed E-state index contributed by atoms with van der Waals surface area (Å²) in [4.78, 5) is 68.5. The number of ether oxygens (including phenoxy) is 7. The predicted octanol–water partition coefficient (Wildman–Crippen LogP) is 7.82. The zero-order valence-electron chi connectivity index (χ0n) is 35.7. The van der Waals surface area contributed by atoms with E-state index in [0.29, 0.717) is 16.9 Å². The second-order valence-corrected chi connectivity index (χ2v) is 15.2. The van der Waals surface area contributed by atoms with Gasteiger partial charge in [-0.15, -0.1) is 0 Å². The fourth-order valence-electron chi connectivity index (χ4n) is 7.43. The van der Waals surface area contributed by atoms with Gasteiger partial charge < -0.3 is 38.3 Å². The maximum atomic E-state index is 14.3. The van der Waals surface area contributed by atoms with Crippen LogP contribution in [0.5, 0.6) is 5.75 Å². The molecule has 0 radical (unpaired) electrons. The molecule has 65 heavy (non-hydrogen) atoms. The molecule has 0 unspecified atom stereocenters. The third kappa shape index (κ3) is 11.0. The average Bonchev–Trinajstić information content (AvgIpc) is 3.34. The number of hydrogen-bond donors (Lipinski definition) is 1. The summed E-state index contributed by atoms with van der Waals surface area (Å²) in [5.74, 6) is -6.33. The first kappa shape index (κ1) is 45.4. The van der Waals surface area contributed by atoms with Crippen molar-refractivity contribution < 1.29 is 62.2 Å². The Kier molecular flexibility index (Phi) is 14.5. The lowest BCUT2D eigenvalue weighted by molar-refractivity contribution is -0.360. The zero-order chi connectivity index (χ0) is 45.9. The minimum Gasteiger partial charge on any atom is -0.497 e. The summed E-state index contributed by atoms with van der Waals surface area (Å²) in [6, 6.07) is 44.0. The number of carbonyl (C=O) groups is 5. The van der Waals surface area contributed by atoms with E-state index in [4.69, 9.17) is 33.2 Å². The van der Waals surface area contributed by atoms with Crippen molar-refractivity contribution in [1.29, 1.82) is 0 Å². The Hall–Kier alpha value is -7.61. The summed E-state index contributed by atoms with van der Waals surface area (Å²) < 4.78 is 42.3. The number of carbonyl (C=O) groups excluding carboxylic acids is 5. The highest BCUT2D eigenvalue weighted by Crippen LogP contribution is 2.44. The Labute approximate surface area is 375 Å². The second kappa shape index (κ2) is 20.7. The summed E-state index contributed by atoms with van der Waals surface area (Å²) in [6.45, 7) is 2.49. The van der Waals surface area contributed by atoms with E-state index in [1.54, 1.807) is 116 Å². The van der Waals surface area contributed by atoms with Gasteiger partial charge in [0.1, 0.15) is 24.6 Å². The van der Waals surface area contributed by atoms with Crippen LogP contribution in [0.1, 0.15) is 77.5 Å². The highest BCUT2D eigenvalue weighted by Gasteiger charge is 2.62. The minimum absolute atomic E-state index is 0.00372.